The van der Waals surface area contributed by atoms with Gasteiger partial charge in [0.05, 0.1) is 0 Å². The van der Waals surface area contributed by atoms with E-state index in [-0.39, 0.29) is 0 Å². The van der Waals surface area contributed by atoms with E-state index in [9.17, 15) is 0 Å². The topological polar surface area (TPSA) is 29.3 Å². The second kappa shape index (κ2) is 4.75. The Morgan fingerprint density at radius 2 is 2.00 bits per heavy atom. The molecule has 3 rings (SSSR count). The van der Waals surface area contributed by atoms with Gasteiger partial charge in [0.15, 0.2) is 19.2 Å². The number of hydrogen-bond donors (Lipinski definition) is 0. The summed E-state index contributed by atoms with van der Waals surface area (Å²) in [5.74, 6) is 0. The molecule has 5 heteroatoms. The zero-order valence-electron chi connectivity index (χ0n) is 12.2. The van der Waals surface area contributed by atoms with Crippen LogP contribution in [0.2, 0.25) is 13.1 Å². The van der Waals surface area contributed by atoms with Crippen LogP contribution in [0.4, 0.5) is 5.69 Å². The maximum Gasteiger partial charge on any atom is 0.193 e. The second-order valence-electron chi connectivity index (χ2n) is 5.67. The third kappa shape index (κ3) is 2.17. The van der Waals surface area contributed by atoms with E-state index >= 15 is 0 Å². The number of aromatic nitrogens is 1. The van der Waals surface area contributed by atoms with E-state index in [1.807, 2.05) is 20.2 Å². The summed E-state index contributed by atoms with van der Waals surface area (Å²) < 4.78 is 7.48. The van der Waals surface area contributed by atoms with Gasteiger partial charge in [0.2, 0.25) is 0 Å². The number of fused-ring (bicyclic) bond motifs is 1. The van der Waals surface area contributed by atoms with Crippen LogP contribution >= 0.6 is 11.3 Å². The van der Waals surface area contributed by atoms with Gasteiger partial charge in [-0.3, -0.25) is 0 Å². The van der Waals surface area contributed by atoms with Gasteiger partial charge in [-0.2, -0.15) is 11.3 Å². The third-order valence-electron chi connectivity index (χ3n) is 3.56. The van der Waals surface area contributed by atoms with Gasteiger partial charge in [0, 0.05) is 30.3 Å². The molecule has 20 heavy (non-hydrogen) atoms. The minimum atomic E-state index is -1.80. The fraction of sp³-hybridized carbons (Fsp3) is 0.267. The summed E-state index contributed by atoms with van der Waals surface area (Å²) in [5, 5.41) is 2.12. The van der Waals surface area contributed by atoms with Gasteiger partial charge in [0.25, 0.3) is 0 Å². The van der Waals surface area contributed by atoms with Crippen LogP contribution < -0.4 is 14.9 Å². The van der Waals surface area contributed by atoms with E-state index in [0.717, 1.165) is 22.3 Å². The Labute approximate surface area is 123 Å². The van der Waals surface area contributed by atoms with E-state index in [2.05, 4.69) is 47.6 Å². The molecule has 3 aromatic rings. The molecule has 0 saturated heterocycles. The minimum absolute atomic E-state index is 0.878. The smallest absolute Gasteiger partial charge is 0.193 e. The number of oxazole rings is 1. The Balaban J connectivity index is 2.09. The van der Waals surface area contributed by atoms with Gasteiger partial charge in [0.1, 0.15) is 5.52 Å². The van der Waals surface area contributed by atoms with Gasteiger partial charge in [-0.25, -0.2) is 4.98 Å². The van der Waals surface area contributed by atoms with Crippen LogP contribution in [0.1, 0.15) is 0 Å². The van der Waals surface area contributed by atoms with Crippen molar-refractivity contribution in [1.29, 1.82) is 0 Å². The predicted octanol–water partition coefficient (Wildman–Crippen LogP) is 2.78. The summed E-state index contributed by atoms with van der Waals surface area (Å²) in [6.07, 6.45) is 0. The molecule has 0 spiro atoms. The Morgan fingerprint density at radius 1 is 1.20 bits per heavy atom. The van der Waals surface area contributed by atoms with Crippen molar-refractivity contribution >= 4 is 46.2 Å². The van der Waals surface area contributed by atoms with Crippen molar-refractivity contribution in [3.8, 4) is 0 Å². The monoisotopic (exact) mass is 302 g/mol. The van der Waals surface area contributed by atoms with Crippen molar-refractivity contribution in [2.45, 2.75) is 13.1 Å². The third-order valence-corrected chi connectivity index (χ3v) is 8.81. The van der Waals surface area contributed by atoms with E-state index < -0.39 is 8.07 Å². The molecule has 0 N–H and O–H groups in total. The summed E-state index contributed by atoms with van der Waals surface area (Å²) >= 11 is 1.80. The molecule has 0 aliphatic carbocycles. The second-order valence-corrected chi connectivity index (χ2v) is 11.2. The van der Waals surface area contributed by atoms with Gasteiger partial charge >= 0.3 is 0 Å². The quantitative estimate of drug-likeness (QED) is 0.697. The van der Waals surface area contributed by atoms with Crippen molar-refractivity contribution < 1.29 is 4.42 Å². The first-order chi connectivity index (χ1) is 9.48. The minimum Gasteiger partial charge on any atom is -0.445 e. The number of benzene rings is 1. The van der Waals surface area contributed by atoms with Crippen molar-refractivity contribution in [3.05, 3.63) is 35.7 Å². The van der Waals surface area contributed by atoms with Crippen LogP contribution in [0.25, 0.3) is 11.1 Å². The number of thiophene rings is 1. The zero-order valence-corrected chi connectivity index (χ0v) is 14.0. The summed E-state index contributed by atoms with van der Waals surface area (Å²) in [6, 6.07) is 10.5. The molecule has 0 bridgehead atoms. The highest BCUT2D eigenvalue weighted by Gasteiger charge is 2.33. The first kappa shape index (κ1) is 13.4. The molecule has 3 nitrogen and oxygen atoms in total. The van der Waals surface area contributed by atoms with Crippen LogP contribution in [0.15, 0.2) is 40.1 Å². The van der Waals surface area contributed by atoms with E-state index in [4.69, 9.17) is 9.40 Å². The highest BCUT2D eigenvalue weighted by molar-refractivity contribution is 7.27. The van der Waals surface area contributed by atoms with Gasteiger partial charge < -0.3 is 9.32 Å². The average Bonchev–Trinajstić information content (AvgIpc) is 3.07. The van der Waals surface area contributed by atoms with Gasteiger partial charge in [-0.15, -0.1) is 0 Å². The predicted molar refractivity (Wildman–Crippen MR) is 89.4 cm³/mol. The number of nitrogens with zero attached hydrogens (tertiary/aromatic N) is 2. The zero-order chi connectivity index (χ0) is 14.3. The summed E-state index contributed by atoms with van der Waals surface area (Å²) in [5.41, 5.74) is 3.87. The lowest BCUT2D eigenvalue weighted by atomic mass is 10.3. The Morgan fingerprint density at radius 3 is 2.65 bits per heavy atom. The standard InChI is InChI=1S/C15H18N2OSSi/c1-17(2)11-7-8-12-13(10-11)18-15(16-12)20(3,4)14-6-5-9-19-14/h5-10H,1-4H3. The molecule has 0 saturated carbocycles. The maximum absolute atomic E-state index is 6.08. The van der Waals surface area contributed by atoms with Crippen molar-refractivity contribution in [2.75, 3.05) is 19.0 Å². The van der Waals surface area contributed by atoms with E-state index in [1.165, 1.54) is 4.50 Å². The normalized spacial score (nSPS) is 12.0. The Bertz CT molecular complexity index is 732. The SMILES string of the molecule is CN(C)c1ccc2nc([Si](C)(C)c3cccs3)oc2c1. The summed E-state index contributed by atoms with van der Waals surface area (Å²) in [6.45, 7) is 4.58. The molecule has 0 fully saturated rings. The molecule has 0 unspecified atom stereocenters. The first-order valence-corrected chi connectivity index (χ1v) is 10.5. The molecule has 0 aliphatic rings. The number of anilines is 1. The largest absolute Gasteiger partial charge is 0.445 e. The fourth-order valence-electron chi connectivity index (χ4n) is 2.20. The molecule has 104 valence electrons. The number of hydrogen-bond acceptors (Lipinski definition) is 4. The lowest BCUT2D eigenvalue weighted by molar-refractivity contribution is 0.639. The highest BCUT2D eigenvalue weighted by atomic mass is 32.1. The molecule has 0 radical (unpaired) electrons. The lowest BCUT2D eigenvalue weighted by Crippen LogP contribution is -2.52. The molecule has 0 aliphatic heterocycles. The molecular formula is C15H18N2OSSi. The first-order valence-electron chi connectivity index (χ1n) is 6.61. The van der Waals surface area contributed by atoms with Crippen LogP contribution in [-0.4, -0.2) is 27.2 Å². The Kier molecular flexibility index (Phi) is 3.18. The Hall–Kier alpha value is -1.59. The maximum atomic E-state index is 6.08. The van der Waals surface area contributed by atoms with Crippen LogP contribution in [0.3, 0.4) is 0 Å². The van der Waals surface area contributed by atoms with Crippen molar-refractivity contribution in [2.24, 2.45) is 0 Å². The molecule has 0 amide bonds. The van der Waals surface area contributed by atoms with Gasteiger partial charge in [-0.05, 0) is 17.5 Å². The van der Waals surface area contributed by atoms with Crippen molar-refractivity contribution in [1.82, 2.24) is 4.98 Å². The summed E-state index contributed by atoms with van der Waals surface area (Å²) in [4.78, 5) is 6.80. The van der Waals surface area contributed by atoms with Crippen LogP contribution in [0.5, 0.6) is 0 Å². The number of rotatable bonds is 3. The van der Waals surface area contributed by atoms with E-state index in [0.29, 0.717) is 0 Å². The average molecular weight is 302 g/mol. The summed E-state index contributed by atoms with van der Waals surface area (Å²) in [7, 11) is 2.26. The molecule has 0 atom stereocenters. The van der Waals surface area contributed by atoms with Crippen molar-refractivity contribution in [3.63, 3.8) is 0 Å². The molecule has 2 aromatic heterocycles. The molecule has 2 heterocycles. The lowest BCUT2D eigenvalue weighted by Gasteiger charge is -2.15. The molecular weight excluding hydrogens is 284 g/mol. The molecule has 1 aromatic carbocycles. The fourth-order valence-corrected chi connectivity index (χ4v) is 5.79. The van der Waals surface area contributed by atoms with Crippen LogP contribution in [-0.2, 0) is 0 Å². The van der Waals surface area contributed by atoms with Gasteiger partial charge in [-0.1, -0.05) is 25.2 Å². The highest BCUT2D eigenvalue weighted by Crippen LogP contribution is 2.20. The van der Waals surface area contributed by atoms with E-state index in [1.54, 1.807) is 11.3 Å². The van der Waals surface area contributed by atoms with Crippen LogP contribution in [0, 0.1) is 0 Å².